The number of rotatable bonds is 6. The van der Waals surface area contributed by atoms with Crippen molar-refractivity contribution in [1.29, 1.82) is 0 Å². The Kier molecular flexibility index (Phi) is 5.98. The lowest BCUT2D eigenvalue weighted by molar-refractivity contribution is -0.123. The molecule has 1 aliphatic heterocycles. The van der Waals surface area contributed by atoms with E-state index in [0.29, 0.717) is 37.8 Å². The van der Waals surface area contributed by atoms with Crippen molar-refractivity contribution in [3.05, 3.63) is 24.3 Å². The number of carbonyl (C=O) groups excluding carboxylic acids is 1. The van der Waals surface area contributed by atoms with Gasteiger partial charge in [0, 0.05) is 25.4 Å². The van der Waals surface area contributed by atoms with Crippen LogP contribution in [0.1, 0.15) is 6.92 Å². The maximum absolute atomic E-state index is 12.2. The van der Waals surface area contributed by atoms with Crippen molar-refractivity contribution in [2.75, 3.05) is 38.8 Å². The zero-order chi connectivity index (χ0) is 15.1. The highest BCUT2D eigenvalue weighted by Gasteiger charge is 2.28. The first-order valence-electron chi connectivity index (χ1n) is 7.08. The van der Waals surface area contributed by atoms with E-state index in [4.69, 9.17) is 14.2 Å². The molecule has 0 radical (unpaired) electrons. The average molecular weight is 294 g/mol. The van der Waals surface area contributed by atoms with Gasteiger partial charge in [0.2, 0.25) is 5.91 Å². The fourth-order valence-electron chi connectivity index (χ4n) is 2.15. The number of carbonyl (C=O) groups is 1. The Labute approximate surface area is 124 Å². The van der Waals surface area contributed by atoms with E-state index in [1.807, 2.05) is 25.1 Å². The third kappa shape index (κ3) is 4.70. The second-order valence-corrected chi connectivity index (χ2v) is 4.87. The van der Waals surface area contributed by atoms with Crippen molar-refractivity contribution >= 4 is 11.6 Å². The van der Waals surface area contributed by atoms with Gasteiger partial charge in [-0.25, -0.2) is 0 Å². The van der Waals surface area contributed by atoms with E-state index in [2.05, 4.69) is 10.6 Å². The third-order valence-electron chi connectivity index (χ3n) is 3.26. The summed E-state index contributed by atoms with van der Waals surface area (Å²) in [6, 6.07) is 6.97. The van der Waals surface area contributed by atoms with Crippen LogP contribution in [0.25, 0.3) is 0 Å². The summed E-state index contributed by atoms with van der Waals surface area (Å²) in [7, 11) is 1.63. The molecule has 0 unspecified atom stereocenters. The van der Waals surface area contributed by atoms with Crippen LogP contribution in [0.3, 0.4) is 0 Å². The molecule has 2 rings (SSSR count). The number of morpholine rings is 1. The molecule has 6 nitrogen and oxygen atoms in total. The lowest BCUT2D eigenvalue weighted by Gasteiger charge is -2.29. The van der Waals surface area contributed by atoms with Gasteiger partial charge in [0.05, 0.1) is 19.3 Å². The van der Waals surface area contributed by atoms with Gasteiger partial charge >= 0.3 is 0 Å². The average Bonchev–Trinajstić information content (AvgIpc) is 2.48. The predicted molar refractivity (Wildman–Crippen MR) is 79.6 cm³/mol. The van der Waals surface area contributed by atoms with Crippen molar-refractivity contribution in [3.8, 4) is 5.75 Å². The fraction of sp³-hybridized carbons (Fsp3) is 0.533. The van der Waals surface area contributed by atoms with E-state index in [0.717, 1.165) is 0 Å². The van der Waals surface area contributed by atoms with E-state index >= 15 is 0 Å². The molecule has 1 amide bonds. The molecular weight excluding hydrogens is 272 g/mol. The molecule has 0 aromatic heterocycles. The van der Waals surface area contributed by atoms with Gasteiger partial charge in [0.25, 0.3) is 0 Å². The van der Waals surface area contributed by atoms with Crippen molar-refractivity contribution in [1.82, 2.24) is 5.32 Å². The van der Waals surface area contributed by atoms with Crippen LogP contribution in [0.4, 0.5) is 5.69 Å². The summed E-state index contributed by atoms with van der Waals surface area (Å²) in [6.45, 7) is 4.21. The highest BCUT2D eigenvalue weighted by Crippen LogP contribution is 2.18. The van der Waals surface area contributed by atoms with Crippen LogP contribution in [0.2, 0.25) is 0 Å². The number of hydrogen-bond acceptors (Lipinski definition) is 5. The maximum Gasteiger partial charge on any atom is 0.244 e. The molecule has 6 heteroatoms. The Morgan fingerprint density at radius 2 is 2.33 bits per heavy atom. The number of ether oxygens (including phenoxy) is 3. The van der Waals surface area contributed by atoms with E-state index < -0.39 is 0 Å². The first kappa shape index (κ1) is 15.8. The van der Waals surface area contributed by atoms with Crippen molar-refractivity contribution in [2.45, 2.75) is 19.1 Å². The molecule has 0 spiro atoms. The highest BCUT2D eigenvalue weighted by molar-refractivity contribution is 5.95. The molecule has 2 N–H and O–H groups in total. The minimum Gasteiger partial charge on any atom is -0.491 e. The molecular formula is C15H22N2O4. The van der Waals surface area contributed by atoms with Crippen LogP contribution >= 0.6 is 0 Å². The lowest BCUT2D eigenvalue weighted by atomic mass is 10.1. The summed E-state index contributed by atoms with van der Waals surface area (Å²) < 4.78 is 15.9. The number of amides is 1. The van der Waals surface area contributed by atoms with Crippen molar-refractivity contribution < 1.29 is 19.0 Å². The van der Waals surface area contributed by atoms with Gasteiger partial charge in [0.1, 0.15) is 18.4 Å². The van der Waals surface area contributed by atoms with Crippen LogP contribution in [-0.2, 0) is 14.3 Å². The van der Waals surface area contributed by atoms with E-state index in [1.54, 1.807) is 13.2 Å². The molecule has 0 bridgehead atoms. The van der Waals surface area contributed by atoms with Crippen LogP contribution in [-0.4, -0.2) is 51.5 Å². The van der Waals surface area contributed by atoms with E-state index in [-0.39, 0.29) is 18.1 Å². The summed E-state index contributed by atoms with van der Waals surface area (Å²) in [5, 5.41) is 6.04. The van der Waals surface area contributed by atoms with Crippen LogP contribution in [0.15, 0.2) is 24.3 Å². The molecule has 1 fully saturated rings. The van der Waals surface area contributed by atoms with Gasteiger partial charge in [0.15, 0.2) is 0 Å². The van der Waals surface area contributed by atoms with Gasteiger partial charge in [-0.1, -0.05) is 6.07 Å². The second kappa shape index (κ2) is 7.97. The molecule has 1 aliphatic rings. The highest BCUT2D eigenvalue weighted by atomic mass is 16.5. The Morgan fingerprint density at radius 3 is 3.10 bits per heavy atom. The van der Waals surface area contributed by atoms with Crippen LogP contribution in [0, 0.1) is 0 Å². The zero-order valence-electron chi connectivity index (χ0n) is 12.4. The van der Waals surface area contributed by atoms with Crippen LogP contribution in [0.5, 0.6) is 5.75 Å². The smallest absolute Gasteiger partial charge is 0.244 e. The topological polar surface area (TPSA) is 68.8 Å². The summed E-state index contributed by atoms with van der Waals surface area (Å²) in [5.74, 6) is 0.599. The summed E-state index contributed by atoms with van der Waals surface area (Å²) in [5.41, 5.74) is 0.703. The Balaban J connectivity index is 1.92. The molecule has 2 atom stereocenters. The van der Waals surface area contributed by atoms with Gasteiger partial charge in [-0.2, -0.15) is 0 Å². The zero-order valence-corrected chi connectivity index (χ0v) is 12.4. The molecule has 1 aromatic rings. The number of hydrogen-bond donors (Lipinski definition) is 2. The largest absolute Gasteiger partial charge is 0.491 e. The maximum atomic E-state index is 12.2. The predicted octanol–water partition coefficient (Wildman–Crippen LogP) is 1.03. The molecule has 1 aromatic carbocycles. The summed E-state index contributed by atoms with van der Waals surface area (Å²) in [6.07, 6.45) is -0.139. The van der Waals surface area contributed by atoms with Crippen molar-refractivity contribution in [3.63, 3.8) is 0 Å². The molecule has 1 saturated heterocycles. The Morgan fingerprint density at radius 1 is 1.48 bits per heavy atom. The standard InChI is InChI=1S/C15H22N2O4/c1-11-14(16-6-7-20-11)15(18)17-12-4-3-5-13(10-12)21-9-8-19-2/h3-5,10-11,14,16H,6-9H2,1-2H3,(H,17,18)/t11-,14+/m1/s1. The number of anilines is 1. The van der Waals surface area contributed by atoms with E-state index in [9.17, 15) is 4.79 Å². The first-order valence-corrected chi connectivity index (χ1v) is 7.08. The molecule has 116 valence electrons. The quantitative estimate of drug-likeness (QED) is 0.767. The second-order valence-electron chi connectivity index (χ2n) is 4.87. The Bertz CT molecular complexity index is 467. The lowest BCUT2D eigenvalue weighted by Crippen LogP contribution is -2.53. The molecule has 0 aliphatic carbocycles. The van der Waals surface area contributed by atoms with Gasteiger partial charge in [-0.3, -0.25) is 4.79 Å². The Hall–Kier alpha value is -1.63. The van der Waals surface area contributed by atoms with Crippen molar-refractivity contribution in [2.24, 2.45) is 0 Å². The van der Waals surface area contributed by atoms with Gasteiger partial charge in [-0.05, 0) is 19.1 Å². The number of methoxy groups -OCH3 is 1. The minimum absolute atomic E-state index is 0.101. The van der Waals surface area contributed by atoms with Crippen LogP contribution < -0.4 is 15.4 Å². The summed E-state index contributed by atoms with van der Waals surface area (Å²) in [4.78, 5) is 12.2. The molecule has 1 heterocycles. The summed E-state index contributed by atoms with van der Waals surface area (Å²) >= 11 is 0. The third-order valence-corrected chi connectivity index (χ3v) is 3.26. The molecule has 21 heavy (non-hydrogen) atoms. The molecule has 0 saturated carbocycles. The monoisotopic (exact) mass is 294 g/mol. The number of benzene rings is 1. The number of nitrogens with one attached hydrogen (secondary N) is 2. The minimum atomic E-state index is -0.336. The van der Waals surface area contributed by atoms with E-state index in [1.165, 1.54) is 0 Å². The normalized spacial score (nSPS) is 21.8. The van der Waals surface area contributed by atoms with Gasteiger partial charge in [-0.15, -0.1) is 0 Å². The SMILES string of the molecule is COCCOc1cccc(NC(=O)[C@H]2NCCO[C@@H]2C)c1. The fourth-order valence-corrected chi connectivity index (χ4v) is 2.15. The first-order chi connectivity index (χ1) is 10.2. The van der Waals surface area contributed by atoms with Gasteiger partial charge < -0.3 is 24.8 Å².